The van der Waals surface area contributed by atoms with E-state index in [1.54, 1.807) is 0 Å². The van der Waals surface area contributed by atoms with Crippen molar-refractivity contribution in [2.24, 2.45) is 5.92 Å². The Kier molecular flexibility index (Phi) is 6.38. The summed E-state index contributed by atoms with van der Waals surface area (Å²) in [5, 5.41) is 11.4. The molecule has 0 saturated heterocycles. The standard InChI is InChI=1S/C8H16BrNO2/c1-3-7(9)8(12)10-4-6(2)5-11/h6-7,11H,3-5H2,1-2H3,(H,10,12). The van der Waals surface area contributed by atoms with Gasteiger partial charge in [0.25, 0.3) is 0 Å². The number of hydrogen-bond donors (Lipinski definition) is 2. The molecular formula is C8H16BrNO2. The van der Waals surface area contributed by atoms with Crippen molar-refractivity contribution in [3.63, 3.8) is 0 Å². The molecule has 0 aliphatic rings. The fourth-order valence-electron chi connectivity index (χ4n) is 0.636. The lowest BCUT2D eigenvalue weighted by Gasteiger charge is -2.11. The molecule has 0 aliphatic carbocycles. The summed E-state index contributed by atoms with van der Waals surface area (Å²) < 4.78 is 0. The molecule has 0 heterocycles. The van der Waals surface area contributed by atoms with E-state index in [-0.39, 0.29) is 23.3 Å². The van der Waals surface area contributed by atoms with Gasteiger partial charge in [-0.1, -0.05) is 29.8 Å². The molecule has 2 unspecified atom stereocenters. The van der Waals surface area contributed by atoms with Crippen LogP contribution in [0.15, 0.2) is 0 Å². The summed E-state index contributed by atoms with van der Waals surface area (Å²) in [6.45, 7) is 4.47. The smallest absolute Gasteiger partial charge is 0.233 e. The van der Waals surface area contributed by atoms with Crippen molar-refractivity contribution in [1.29, 1.82) is 0 Å². The zero-order valence-electron chi connectivity index (χ0n) is 7.51. The number of hydrogen-bond acceptors (Lipinski definition) is 2. The van der Waals surface area contributed by atoms with E-state index in [0.717, 1.165) is 6.42 Å². The highest BCUT2D eigenvalue weighted by molar-refractivity contribution is 9.10. The minimum absolute atomic E-state index is 0.00204. The third-order valence-corrected chi connectivity index (χ3v) is 2.64. The van der Waals surface area contributed by atoms with Gasteiger partial charge in [-0.15, -0.1) is 0 Å². The summed E-state index contributed by atoms with van der Waals surface area (Å²) >= 11 is 3.24. The number of aliphatic hydroxyl groups is 1. The molecule has 0 aromatic rings. The van der Waals surface area contributed by atoms with Crippen LogP contribution in [-0.2, 0) is 4.79 Å². The van der Waals surface area contributed by atoms with Crippen molar-refractivity contribution >= 4 is 21.8 Å². The van der Waals surface area contributed by atoms with Gasteiger partial charge in [0.1, 0.15) is 0 Å². The van der Waals surface area contributed by atoms with Gasteiger partial charge >= 0.3 is 0 Å². The Hall–Kier alpha value is -0.0900. The molecule has 2 atom stereocenters. The van der Waals surface area contributed by atoms with Crippen molar-refractivity contribution in [1.82, 2.24) is 5.32 Å². The fourth-order valence-corrected chi connectivity index (χ4v) is 0.797. The van der Waals surface area contributed by atoms with Crippen LogP contribution in [0, 0.1) is 5.92 Å². The molecule has 0 rings (SSSR count). The Bertz CT molecular complexity index is 141. The van der Waals surface area contributed by atoms with E-state index in [1.165, 1.54) is 0 Å². The van der Waals surface area contributed by atoms with Crippen LogP contribution in [0.25, 0.3) is 0 Å². The van der Waals surface area contributed by atoms with Gasteiger partial charge in [0.2, 0.25) is 5.91 Å². The number of nitrogens with one attached hydrogen (secondary N) is 1. The van der Waals surface area contributed by atoms with Crippen molar-refractivity contribution < 1.29 is 9.90 Å². The Balaban J connectivity index is 3.56. The van der Waals surface area contributed by atoms with E-state index in [4.69, 9.17) is 5.11 Å². The largest absolute Gasteiger partial charge is 0.396 e. The number of carbonyl (C=O) groups is 1. The molecule has 1 amide bonds. The topological polar surface area (TPSA) is 49.3 Å². The highest BCUT2D eigenvalue weighted by Gasteiger charge is 2.12. The summed E-state index contributed by atoms with van der Waals surface area (Å²) in [5.41, 5.74) is 0. The maximum absolute atomic E-state index is 11.2. The number of rotatable bonds is 5. The molecule has 4 heteroatoms. The van der Waals surface area contributed by atoms with E-state index < -0.39 is 0 Å². The predicted octanol–water partition coefficient (Wildman–Crippen LogP) is 0.905. The molecule has 0 saturated carbocycles. The summed E-state index contributed by atoms with van der Waals surface area (Å²) in [4.78, 5) is 11.0. The van der Waals surface area contributed by atoms with Crippen molar-refractivity contribution in [3.05, 3.63) is 0 Å². The van der Waals surface area contributed by atoms with Gasteiger partial charge in [-0.05, 0) is 12.3 Å². The summed E-state index contributed by atoms with van der Waals surface area (Å²) in [5.74, 6) is 0.128. The molecule has 0 fully saturated rings. The lowest BCUT2D eigenvalue weighted by Crippen LogP contribution is -2.34. The lowest BCUT2D eigenvalue weighted by atomic mass is 10.2. The minimum atomic E-state index is -0.108. The van der Waals surface area contributed by atoms with Crippen molar-refractivity contribution in [2.75, 3.05) is 13.2 Å². The van der Waals surface area contributed by atoms with Gasteiger partial charge in [0.15, 0.2) is 0 Å². The average molecular weight is 238 g/mol. The van der Waals surface area contributed by atoms with Crippen LogP contribution in [0.2, 0.25) is 0 Å². The number of halogens is 1. The van der Waals surface area contributed by atoms with E-state index in [0.29, 0.717) is 6.54 Å². The quantitative estimate of drug-likeness (QED) is 0.699. The molecule has 0 aromatic carbocycles. The van der Waals surface area contributed by atoms with Crippen molar-refractivity contribution in [3.8, 4) is 0 Å². The SMILES string of the molecule is CCC(Br)C(=O)NCC(C)CO. The zero-order valence-corrected chi connectivity index (χ0v) is 9.10. The molecule has 2 N–H and O–H groups in total. The maximum Gasteiger partial charge on any atom is 0.233 e. The van der Waals surface area contributed by atoms with Gasteiger partial charge in [0, 0.05) is 13.2 Å². The van der Waals surface area contributed by atoms with E-state index in [1.807, 2.05) is 13.8 Å². The number of alkyl halides is 1. The van der Waals surface area contributed by atoms with Crippen LogP contribution in [-0.4, -0.2) is 29.0 Å². The van der Waals surface area contributed by atoms with Gasteiger partial charge < -0.3 is 10.4 Å². The first-order chi connectivity index (χ1) is 5.61. The van der Waals surface area contributed by atoms with Gasteiger partial charge in [-0.2, -0.15) is 0 Å². The highest BCUT2D eigenvalue weighted by atomic mass is 79.9. The highest BCUT2D eigenvalue weighted by Crippen LogP contribution is 2.03. The van der Waals surface area contributed by atoms with Crippen LogP contribution in [0.4, 0.5) is 0 Å². The first-order valence-electron chi connectivity index (χ1n) is 4.14. The van der Waals surface area contributed by atoms with Gasteiger partial charge in [-0.3, -0.25) is 4.79 Å². The predicted molar refractivity (Wildman–Crippen MR) is 52.3 cm³/mol. The normalized spacial score (nSPS) is 15.3. The summed E-state index contributed by atoms with van der Waals surface area (Å²) in [7, 11) is 0. The second-order valence-corrected chi connectivity index (χ2v) is 4.01. The van der Waals surface area contributed by atoms with Crippen LogP contribution in [0.1, 0.15) is 20.3 Å². The first-order valence-corrected chi connectivity index (χ1v) is 5.06. The molecule has 0 spiro atoms. The maximum atomic E-state index is 11.2. The monoisotopic (exact) mass is 237 g/mol. The number of carbonyl (C=O) groups excluding carboxylic acids is 1. The van der Waals surface area contributed by atoms with Gasteiger partial charge in [-0.25, -0.2) is 0 Å². The molecule has 0 bridgehead atoms. The average Bonchev–Trinajstić information content (AvgIpc) is 2.11. The minimum Gasteiger partial charge on any atom is -0.396 e. The Labute approximate surface area is 81.7 Å². The summed E-state index contributed by atoms with van der Waals surface area (Å²) in [6.07, 6.45) is 0.777. The molecule has 0 aromatic heterocycles. The van der Waals surface area contributed by atoms with E-state index in [9.17, 15) is 4.79 Å². The van der Waals surface area contributed by atoms with Gasteiger partial charge in [0.05, 0.1) is 4.83 Å². The molecule has 0 radical (unpaired) electrons. The Morgan fingerprint density at radius 2 is 2.25 bits per heavy atom. The number of aliphatic hydroxyl groups excluding tert-OH is 1. The molecule has 3 nitrogen and oxygen atoms in total. The zero-order chi connectivity index (χ0) is 9.56. The Morgan fingerprint density at radius 1 is 1.67 bits per heavy atom. The second kappa shape index (κ2) is 6.43. The van der Waals surface area contributed by atoms with E-state index >= 15 is 0 Å². The van der Waals surface area contributed by atoms with Crippen LogP contribution in [0.5, 0.6) is 0 Å². The third-order valence-electron chi connectivity index (χ3n) is 1.58. The van der Waals surface area contributed by atoms with E-state index in [2.05, 4.69) is 21.2 Å². The summed E-state index contributed by atoms with van der Waals surface area (Å²) in [6, 6.07) is 0. The fraction of sp³-hybridized carbons (Fsp3) is 0.875. The molecule has 12 heavy (non-hydrogen) atoms. The van der Waals surface area contributed by atoms with Crippen LogP contribution < -0.4 is 5.32 Å². The molecular weight excluding hydrogens is 222 g/mol. The molecule has 72 valence electrons. The third kappa shape index (κ3) is 4.72. The number of amides is 1. The van der Waals surface area contributed by atoms with Crippen molar-refractivity contribution in [2.45, 2.75) is 25.1 Å². The second-order valence-electron chi connectivity index (χ2n) is 2.91. The Morgan fingerprint density at radius 3 is 2.67 bits per heavy atom. The lowest BCUT2D eigenvalue weighted by molar-refractivity contribution is -0.120. The first kappa shape index (κ1) is 11.9. The van der Waals surface area contributed by atoms with Crippen LogP contribution >= 0.6 is 15.9 Å². The van der Waals surface area contributed by atoms with Crippen LogP contribution in [0.3, 0.4) is 0 Å². The molecule has 0 aliphatic heterocycles.